The molecule has 3 aromatic heterocycles. The van der Waals surface area contributed by atoms with Crippen molar-refractivity contribution >= 4 is 49.1 Å². The van der Waals surface area contributed by atoms with Crippen LogP contribution in [0.2, 0.25) is 0 Å². The Morgan fingerprint density at radius 1 is 1.33 bits per heavy atom. The average molecular weight is 319 g/mol. The van der Waals surface area contributed by atoms with Gasteiger partial charge in [-0.3, -0.25) is 0 Å². The lowest BCUT2D eigenvalue weighted by molar-refractivity contribution is 0.801. The fourth-order valence-corrected chi connectivity index (χ4v) is 3.71. The number of rotatable bonds is 3. The van der Waals surface area contributed by atoms with Crippen molar-refractivity contribution in [3.63, 3.8) is 0 Å². The average Bonchev–Trinajstić information content (AvgIpc) is 3.18. The summed E-state index contributed by atoms with van der Waals surface area (Å²) in [6, 6.07) is 4.41. The van der Waals surface area contributed by atoms with Gasteiger partial charge in [-0.25, -0.2) is 9.97 Å². The van der Waals surface area contributed by atoms with Crippen molar-refractivity contribution < 1.29 is 0 Å². The number of anilines is 3. The fourth-order valence-electron chi connectivity index (χ4n) is 2.45. The molecule has 9 heteroatoms. The minimum absolute atomic E-state index is 0.346. The molecule has 1 fully saturated rings. The molecule has 108 valence electrons. The third-order valence-electron chi connectivity index (χ3n) is 3.43. The summed E-state index contributed by atoms with van der Waals surface area (Å²) in [5, 5.41) is 12.8. The first-order valence-electron chi connectivity index (χ1n) is 6.58. The maximum atomic E-state index is 5.63. The second-order valence-corrected chi connectivity index (χ2v) is 6.74. The van der Waals surface area contributed by atoms with Gasteiger partial charge in [-0.15, -0.1) is 21.5 Å². The second kappa shape index (κ2) is 5.08. The molecule has 0 aromatic carbocycles. The Balaban J connectivity index is 1.46. The molecule has 0 aliphatic carbocycles. The molecule has 0 bridgehead atoms. The van der Waals surface area contributed by atoms with Crippen molar-refractivity contribution in [3.8, 4) is 0 Å². The van der Waals surface area contributed by atoms with Crippen LogP contribution in [0.5, 0.6) is 0 Å². The minimum atomic E-state index is 0.346. The first-order chi connectivity index (χ1) is 10.3. The Morgan fingerprint density at radius 2 is 2.29 bits per heavy atom. The van der Waals surface area contributed by atoms with E-state index in [0.29, 0.717) is 11.2 Å². The lowest BCUT2D eigenvalue weighted by Crippen LogP contribution is -2.26. The molecule has 4 heterocycles. The fraction of sp³-hybridized carbons (Fsp3) is 0.333. The molecule has 21 heavy (non-hydrogen) atoms. The van der Waals surface area contributed by atoms with E-state index < -0.39 is 0 Å². The van der Waals surface area contributed by atoms with Gasteiger partial charge in [-0.2, -0.15) is 0 Å². The molecule has 3 aromatic rings. The van der Waals surface area contributed by atoms with Crippen LogP contribution in [0.1, 0.15) is 6.42 Å². The van der Waals surface area contributed by atoms with E-state index in [-0.39, 0.29) is 0 Å². The van der Waals surface area contributed by atoms with Crippen molar-refractivity contribution in [2.24, 2.45) is 0 Å². The third-order valence-corrected chi connectivity index (χ3v) is 5.03. The van der Waals surface area contributed by atoms with E-state index >= 15 is 0 Å². The normalized spacial score (nSPS) is 18.5. The van der Waals surface area contributed by atoms with Gasteiger partial charge < -0.3 is 16.0 Å². The van der Waals surface area contributed by atoms with Crippen molar-refractivity contribution in [2.75, 3.05) is 29.0 Å². The maximum Gasteiger partial charge on any atom is 0.210 e. The molecular formula is C12H13N7S2. The number of hydrogen-bond acceptors (Lipinski definition) is 9. The molecule has 0 unspecified atom stereocenters. The number of hydrogen-bond donors (Lipinski definition) is 2. The van der Waals surface area contributed by atoms with Gasteiger partial charge in [-0.1, -0.05) is 11.3 Å². The van der Waals surface area contributed by atoms with Crippen LogP contribution in [0, 0.1) is 0 Å². The van der Waals surface area contributed by atoms with E-state index in [1.807, 2.05) is 11.6 Å². The van der Waals surface area contributed by atoms with Crippen LogP contribution in [-0.4, -0.2) is 39.3 Å². The number of aromatic nitrogens is 4. The predicted molar refractivity (Wildman–Crippen MR) is 86.0 cm³/mol. The smallest absolute Gasteiger partial charge is 0.210 e. The highest BCUT2D eigenvalue weighted by atomic mass is 32.1. The summed E-state index contributed by atoms with van der Waals surface area (Å²) in [6.07, 6.45) is 1.04. The van der Waals surface area contributed by atoms with Crippen LogP contribution in [0.3, 0.4) is 0 Å². The van der Waals surface area contributed by atoms with Crippen LogP contribution >= 0.6 is 22.7 Å². The third kappa shape index (κ3) is 2.49. The first kappa shape index (κ1) is 12.7. The van der Waals surface area contributed by atoms with Crippen LogP contribution in [0.25, 0.3) is 10.3 Å². The zero-order valence-corrected chi connectivity index (χ0v) is 12.7. The Hall–Kier alpha value is -2.00. The quantitative estimate of drug-likeness (QED) is 0.760. The summed E-state index contributed by atoms with van der Waals surface area (Å²) in [5.74, 6) is 0.872. The zero-order chi connectivity index (χ0) is 14.2. The molecule has 0 spiro atoms. The molecule has 3 N–H and O–H groups in total. The van der Waals surface area contributed by atoms with E-state index in [0.717, 1.165) is 40.8 Å². The first-order valence-corrected chi connectivity index (χ1v) is 8.28. The van der Waals surface area contributed by atoms with Gasteiger partial charge in [0, 0.05) is 19.1 Å². The van der Waals surface area contributed by atoms with Gasteiger partial charge in [0.05, 0.1) is 10.2 Å². The van der Waals surface area contributed by atoms with Crippen LogP contribution in [-0.2, 0) is 0 Å². The summed E-state index contributed by atoms with van der Waals surface area (Å²) in [5.41, 5.74) is 8.25. The number of nitrogens with two attached hydrogens (primary N) is 1. The number of nitrogen functional groups attached to an aromatic ring is 1. The molecule has 1 aliphatic rings. The lowest BCUT2D eigenvalue weighted by Gasteiger charge is -2.15. The summed E-state index contributed by atoms with van der Waals surface area (Å²) in [4.78, 5) is 11.0. The number of pyridine rings is 1. The summed E-state index contributed by atoms with van der Waals surface area (Å²) >= 11 is 3.03. The summed E-state index contributed by atoms with van der Waals surface area (Å²) in [6.45, 7) is 1.83. The van der Waals surface area contributed by atoms with Gasteiger partial charge in [0.1, 0.15) is 5.82 Å². The van der Waals surface area contributed by atoms with Crippen molar-refractivity contribution in [1.29, 1.82) is 0 Å². The van der Waals surface area contributed by atoms with Gasteiger partial charge in [0.25, 0.3) is 0 Å². The summed E-state index contributed by atoms with van der Waals surface area (Å²) in [7, 11) is 0. The second-order valence-electron chi connectivity index (χ2n) is 4.87. The SMILES string of the molecule is Nc1nnc(N2CC[C@@H](Nc3ccc4scnc4n3)C2)s1. The highest BCUT2D eigenvalue weighted by Crippen LogP contribution is 2.26. The monoisotopic (exact) mass is 319 g/mol. The Labute approximate surface area is 128 Å². The van der Waals surface area contributed by atoms with E-state index in [4.69, 9.17) is 5.73 Å². The predicted octanol–water partition coefficient (Wildman–Crippen LogP) is 1.82. The Bertz CT molecular complexity index is 768. The molecule has 4 rings (SSSR count). The van der Waals surface area contributed by atoms with Gasteiger partial charge in [-0.05, 0) is 18.6 Å². The molecule has 7 nitrogen and oxygen atoms in total. The Kier molecular flexibility index (Phi) is 3.08. The molecule has 0 amide bonds. The largest absolute Gasteiger partial charge is 0.374 e. The molecular weight excluding hydrogens is 306 g/mol. The van der Waals surface area contributed by atoms with E-state index in [9.17, 15) is 0 Å². The van der Waals surface area contributed by atoms with Gasteiger partial charge in [0.2, 0.25) is 10.3 Å². The zero-order valence-electron chi connectivity index (χ0n) is 11.1. The molecule has 0 saturated carbocycles. The molecule has 1 atom stereocenters. The number of fused-ring (bicyclic) bond motifs is 1. The molecule has 1 aliphatic heterocycles. The van der Waals surface area contributed by atoms with E-state index in [1.54, 1.807) is 11.3 Å². The molecule has 0 radical (unpaired) electrons. The van der Waals surface area contributed by atoms with Gasteiger partial charge >= 0.3 is 0 Å². The number of thiazole rings is 1. The molecule has 1 saturated heterocycles. The van der Waals surface area contributed by atoms with Crippen LogP contribution < -0.4 is 16.0 Å². The Morgan fingerprint density at radius 3 is 3.14 bits per heavy atom. The standard InChI is InChI=1S/C12H13N7S2/c13-11-17-18-12(21-11)19-4-3-7(5-19)15-9-2-1-8-10(16-9)14-6-20-8/h1-2,6-7H,3-5H2,(H2,13,17)(H,15,16)/t7-/m1/s1. The van der Waals surface area contributed by atoms with Crippen LogP contribution in [0.4, 0.5) is 16.1 Å². The van der Waals surface area contributed by atoms with E-state index in [2.05, 4.69) is 36.4 Å². The number of nitrogens with one attached hydrogen (secondary N) is 1. The highest BCUT2D eigenvalue weighted by Gasteiger charge is 2.25. The maximum absolute atomic E-state index is 5.63. The highest BCUT2D eigenvalue weighted by molar-refractivity contribution is 7.18. The van der Waals surface area contributed by atoms with Crippen molar-refractivity contribution in [2.45, 2.75) is 12.5 Å². The number of nitrogens with zero attached hydrogens (tertiary/aromatic N) is 5. The van der Waals surface area contributed by atoms with Gasteiger partial charge in [0.15, 0.2) is 5.65 Å². The topological polar surface area (TPSA) is 92.8 Å². The lowest BCUT2D eigenvalue weighted by atomic mass is 10.2. The summed E-state index contributed by atoms with van der Waals surface area (Å²) < 4.78 is 1.11. The minimum Gasteiger partial charge on any atom is -0.374 e. The van der Waals surface area contributed by atoms with Crippen LogP contribution in [0.15, 0.2) is 17.6 Å². The van der Waals surface area contributed by atoms with Crippen molar-refractivity contribution in [3.05, 3.63) is 17.6 Å². The van der Waals surface area contributed by atoms with Crippen molar-refractivity contribution in [1.82, 2.24) is 20.2 Å². The van der Waals surface area contributed by atoms with E-state index in [1.165, 1.54) is 11.3 Å².